The van der Waals surface area contributed by atoms with E-state index in [9.17, 15) is 14.4 Å². The second-order valence-electron chi connectivity index (χ2n) is 3.22. The number of esters is 1. The van der Waals surface area contributed by atoms with E-state index in [4.69, 9.17) is 5.73 Å². The fraction of sp³-hybridized carbons (Fsp3) is 0.182. The smallest absolute Gasteiger partial charge is 0.337 e. The molecule has 1 rings (SSSR count). The average molecular weight is 236 g/mol. The van der Waals surface area contributed by atoms with E-state index < -0.39 is 17.8 Å². The maximum atomic E-state index is 11.5. The number of nitrogens with two attached hydrogens (primary N) is 1. The summed E-state index contributed by atoms with van der Waals surface area (Å²) in [6, 6.07) is 5.85. The molecule has 0 saturated heterocycles. The Hall–Kier alpha value is -2.37. The number of hydrogen-bond acceptors (Lipinski definition) is 4. The lowest BCUT2D eigenvalue weighted by Crippen LogP contribution is -2.33. The highest BCUT2D eigenvalue weighted by Gasteiger charge is 2.08. The van der Waals surface area contributed by atoms with Gasteiger partial charge in [0.05, 0.1) is 19.2 Å². The van der Waals surface area contributed by atoms with Crippen LogP contribution in [0.25, 0.3) is 0 Å². The minimum absolute atomic E-state index is 0.225. The Balaban J connectivity index is 2.70. The maximum absolute atomic E-state index is 11.5. The Morgan fingerprint density at radius 2 is 1.71 bits per heavy atom. The highest BCUT2D eigenvalue weighted by Crippen LogP contribution is 2.05. The van der Waals surface area contributed by atoms with Crippen molar-refractivity contribution in [1.82, 2.24) is 5.32 Å². The predicted molar refractivity (Wildman–Crippen MR) is 59.3 cm³/mol. The van der Waals surface area contributed by atoms with Gasteiger partial charge in [0.15, 0.2) is 0 Å². The SMILES string of the molecule is COC(=O)c1ccc(C(=O)NCC(N)=O)cc1. The van der Waals surface area contributed by atoms with Crippen molar-refractivity contribution in [3.63, 3.8) is 0 Å². The molecule has 0 atom stereocenters. The third-order valence-electron chi connectivity index (χ3n) is 1.99. The second-order valence-corrected chi connectivity index (χ2v) is 3.22. The van der Waals surface area contributed by atoms with Gasteiger partial charge in [0.2, 0.25) is 5.91 Å². The molecule has 1 aromatic carbocycles. The first kappa shape index (κ1) is 12.7. The summed E-state index contributed by atoms with van der Waals surface area (Å²) in [7, 11) is 1.27. The van der Waals surface area contributed by atoms with Crippen molar-refractivity contribution < 1.29 is 19.1 Å². The van der Waals surface area contributed by atoms with Crippen LogP contribution in [0.1, 0.15) is 20.7 Å². The van der Waals surface area contributed by atoms with E-state index in [0.29, 0.717) is 11.1 Å². The van der Waals surface area contributed by atoms with Crippen LogP contribution in [0.15, 0.2) is 24.3 Å². The van der Waals surface area contributed by atoms with Crippen molar-refractivity contribution in [2.75, 3.05) is 13.7 Å². The summed E-state index contributed by atoms with van der Waals surface area (Å²) in [5.74, 6) is -1.53. The van der Waals surface area contributed by atoms with Gasteiger partial charge in [-0.2, -0.15) is 0 Å². The lowest BCUT2D eigenvalue weighted by atomic mass is 10.1. The van der Waals surface area contributed by atoms with Crippen LogP contribution in [0.3, 0.4) is 0 Å². The molecule has 0 aliphatic carbocycles. The van der Waals surface area contributed by atoms with Crippen molar-refractivity contribution in [2.45, 2.75) is 0 Å². The fourth-order valence-electron chi connectivity index (χ4n) is 1.14. The molecule has 0 bridgehead atoms. The third-order valence-corrected chi connectivity index (χ3v) is 1.99. The lowest BCUT2D eigenvalue weighted by molar-refractivity contribution is -0.117. The molecular formula is C11H12N2O4. The normalized spacial score (nSPS) is 9.47. The Morgan fingerprint density at radius 1 is 1.18 bits per heavy atom. The predicted octanol–water partition coefficient (Wildman–Crippen LogP) is -0.312. The van der Waals surface area contributed by atoms with Crippen LogP contribution in [0.5, 0.6) is 0 Å². The molecule has 0 radical (unpaired) electrons. The van der Waals surface area contributed by atoms with Crippen molar-refractivity contribution in [3.8, 4) is 0 Å². The number of carbonyl (C=O) groups is 3. The van der Waals surface area contributed by atoms with Gasteiger partial charge in [0.25, 0.3) is 5.91 Å². The van der Waals surface area contributed by atoms with Gasteiger partial charge in [-0.1, -0.05) is 0 Å². The van der Waals surface area contributed by atoms with Gasteiger partial charge in [0, 0.05) is 5.56 Å². The molecule has 0 spiro atoms. The van der Waals surface area contributed by atoms with Gasteiger partial charge in [-0.05, 0) is 24.3 Å². The molecule has 90 valence electrons. The maximum Gasteiger partial charge on any atom is 0.337 e. The zero-order valence-electron chi connectivity index (χ0n) is 9.23. The van der Waals surface area contributed by atoms with E-state index in [0.717, 1.165) is 0 Å². The topological polar surface area (TPSA) is 98.5 Å². The summed E-state index contributed by atoms with van der Waals surface area (Å²) in [5, 5.41) is 2.33. The standard InChI is InChI=1S/C11H12N2O4/c1-17-11(16)8-4-2-7(3-5-8)10(15)13-6-9(12)14/h2-5H,6H2,1H3,(H2,12,14)(H,13,15). The van der Waals surface area contributed by atoms with Crippen LogP contribution in [0.4, 0.5) is 0 Å². The molecule has 2 amide bonds. The lowest BCUT2D eigenvalue weighted by Gasteiger charge is -2.03. The molecule has 1 aromatic rings. The summed E-state index contributed by atoms with van der Waals surface area (Å²) < 4.78 is 4.51. The van der Waals surface area contributed by atoms with E-state index in [-0.39, 0.29) is 6.54 Å². The number of ether oxygens (including phenoxy) is 1. The van der Waals surface area contributed by atoms with E-state index in [1.807, 2.05) is 0 Å². The molecular weight excluding hydrogens is 224 g/mol. The summed E-state index contributed by atoms with van der Waals surface area (Å²) >= 11 is 0. The van der Waals surface area contributed by atoms with Crippen LogP contribution in [-0.2, 0) is 9.53 Å². The molecule has 0 unspecified atom stereocenters. The zero-order valence-corrected chi connectivity index (χ0v) is 9.23. The van der Waals surface area contributed by atoms with Gasteiger partial charge in [-0.15, -0.1) is 0 Å². The largest absolute Gasteiger partial charge is 0.465 e. The van der Waals surface area contributed by atoms with Gasteiger partial charge in [-0.25, -0.2) is 4.79 Å². The Kier molecular flexibility index (Phi) is 4.21. The molecule has 0 heterocycles. The van der Waals surface area contributed by atoms with Crippen LogP contribution in [0, 0.1) is 0 Å². The quantitative estimate of drug-likeness (QED) is 0.700. The summed E-state index contributed by atoms with van der Waals surface area (Å²) in [4.78, 5) is 33.1. The molecule has 6 heteroatoms. The van der Waals surface area contributed by atoms with Crippen LogP contribution < -0.4 is 11.1 Å². The Labute approximate surface area is 97.7 Å². The van der Waals surface area contributed by atoms with Crippen LogP contribution >= 0.6 is 0 Å². The van der Waals surface area contributed by atoms with E-state index in [2.05, 4.69) is 10.1 Å². The first-order valence-electron chi connectivity index (χ1n) is 4.79. The molecule has 3 N–H and O–H groups in total. The number of rotatable bonds is 4. The zero-order chi connectivity index (χ0) is 12.8. The Bertz CT molecular complexity index is 439. The average Bonchev–Trinajstić information content (AvgIpc) is 2.35. The monoisotopic (exact) mass is 236 g/mol. The number of amides is 2. The first-order chi connectivity index (χ1) is 8.04. The molecule has 0 saturated carbocycles. The number of carbonyl (C=O) groups excluding carboxylic acids is 3. The highest BCUT2D eigenvalue weighted by atomic mass is 16.5. The summed E-state index contributed by atoms with van der Waals surface area (Å²) in [6.45, 7) is -0.225. The molecule has 0 aliphatic rings. The van der Waals surface area contributed by atoms with E-state index >= 15 is 0 Å². The Morgan fingerprint density at radius 3 is 2.18 bits per heavy atom. The number of methoxy groups -OCH3 is 1. The van der Waals surface area contributed by atoms with Gasteiger partial charge in [-0.3, -0.25) is 9.59 Å². The summed E-state index contributed by atoms with van der Waals surface area (Å²) in [6.07, 6.45) is 0. The molecule has 17 heavy (non-hydrogen) atoms. The summed E-state index contributed by atoms with van der Waals surface area (Å²) in [5.41, 5.74) is 5.56. The molecule has 0 fully saturated rings. The van der Waals surface area contributed by atoms with E-state index in [1.165, 1.54) is 31.4 Å². The minimum Gasteiger partial charge on any atom is -0.465 e. The van der Waals surface area contributed by atoms with Gasteiger partial charge >= 0.3 is 5.97 Å². The fourth-order valence-corrected chi connectivity index (χ4v) is 1.14. The third kappa shape index (κ3) is 3.60. The van der Waals surface area contributed by atoms with Crippen molar-refractivity contribution in [2.24, 2.45) is 5.73 Å². The number of nitrogens with one attached hydrogen (secondary N) is 1. The van der Waals surface area contributed by atoms with Crippen molar-refractivity contribution in [1.29, 1.82) is 0 Å². The van der Waals surface area contributed by atoms with E-state index in [1.54, 1.807) is 0 Å². The first-order valence-corrected chi connectivity index (χ1v) is 4.79. The van der Waals surface area contributed by atoms with Gasteiger partial charge in [0.1, 0.15) is 0 Å². The number of primary amides is 1. The minimum atomic E-state index is -0.621. The van der Waals surface area contributed by atoms with Gasteiger partial charge < -0.3 is 15.8 Å². The van der Waals surface area contributed by atoms with Crippen molar-refractivity contribution in [3.05, 3.63) is 35.4 Å². The second kappa shape index (κ2) is 5.64. The number of hydrogen-bond donors (Lipinski definition) is 2. The van der Waals surface area contributed by atoms with Crippen LogP contribution in [-0.4, -0.2) is 31.4 Å². The molecule has 0 aliphatic heterocycles. The van der Waals surface area contributed by atoms with Crippen LogP contribution in [0.2, 0.25) is 0 Å². The number of benzene rings is 1. The van der Waals surface area contributed by atoms with Crippen molar-refractivity contribution >= 4 is 17.8 Å². The highest BCUT2D eigenvalue weighted by molar-refractivity contribution is 5.97. The molecule has 0 aromatic heterocycles. The molecule has 6 nitrogen and oxygen atoms in total.